The molecule has 0 amide bonds. The Hall–Kier alpha value is -3.59. The molecule has 0 aliphatic carbocycles. The molecule has 0 aromatic carbocycles. The van der Waals surface area contributed by atoms with E-state index >= 15 is 0 Å². The molecule has 0 bridgehead atoms. The summed E-state index contributed by atoms with van der Waals surface area (Å²) in [5.74, 6) is -0.873. The van der Waals surface area contributed by atoms with E-state index in [2.05, 4.69) is 135 Å². The highest BCUT2D eigenvalue weighted by Gasteiger charge is 2.26. The zero-order valence-corrected chi connectivity index (χ0v) is 40.9. The topological polar surface area (TPSA) is 134 Å². The molecule has 0 saturated carbocycles. The van der Waals surface area contributed by atoms with E-state index < -0.39 is 32.5 Å². The van der Waals surface area contributed by atoms with Crippen LogP contribution in [-0.4, -0.2) is 49.3 Å². The standard InChI is InChI=1S/C54H88NO8P/c1-3-5-7-9-11-13-14-15-16-17-18-19-20-21-22-23-24-25-26-27-28-29-30-31-32-33-34-35-36-37-38-39-41-43-45-47-54(57)63-52(51-62-64(58,59)61-49-48-55)50-60-53(56)46-44-42-40-12-10-8-6-4-2/h5,7,11,13,15-16,18-19,21-22,24-25,27-28,30-31,33-34,36-37,52H,3-4,6,8-10,12,14,17,20,23,26,29,32,35,38-51,55H2,1-2H3,(H,58,59)/b7-5-,13-11-,16-15-,19-18-,22-21-,25-24-,28-27-,31-30-,34-33-,37-36-. The molecule has 10 heteroatoms. The average Bonchev–Trinajstić information content (AvgIpc) is 3.28. The number of esters is 2. The lowest BCUT2D eigenvalue weighted by atomic mass is 10.1. The smallest absolute Gasteiger partial charge is 0.462 e. The summed E-state index contributed by atoms with van der Waals surface area (Å²) in [7, 11) is -4.39. The van der Waals surface area contributed by atoms with E-state index in [0.717, 1.165) is 109 Å². The fourth-order valence-electron chi connectivity index (χ4n) is 6.01. The van der Waals surface area contributed by atoms with Crippen LogP contribution in [0.1, 0.15) is 174 Å². The van der Waals surface area contributed by atoms with Crippen LogP contribution in [-0.2, 0) is 32.7 Å². The Morgan fingerprint density at radius 3 is 1.28 bits per heavy atom. The molecule has 9 nitrogen and oxygen atoms in total. The molecule has 64 heavy (non-hydrogen) atoms. The number of rotatable bonds is 44. The lowest BCUT2D eigenvalue weighted by Crippen LogP contribution is -2.29. The largest absolute Gasteiger partial charge is 0.472 e. The number of ether oxygens (including phenoxy) is 2. The van der Waals surface area contributed by atoms with Crippen molar-refractivity contribution >= 4 is 19.8 Å². The first-order chi connectivity index (χ1) is 31.3. The Bertz CT molecular complexity index is 1450. The molecule has 0 aliphatic heterocycles. The second-order valence-corrected chi connectivity index (χ2v) is 17.1. The molecule has 3 N–H and O–H groups in total. The summed E-state index contributed by atoms with van der Waals surface area (Å²) in [6.07, 6.45) is 66.9. The molecule has 0 heterocycles. The molecule has 0 spiro atoms. The lowest BCUT2D eigenvalue weighted by Gasteiger charge is -2.19. The van der Waals surface area contributed by atoms with Crippen LogP contribution in [0.15, 0.2) is 122 Å². The summed E-state index contributed by atoms with van der Waals surface area (Å²) < 4.78 is 32.7. The van der Waals surface area contributed by atoms with Crippen molar-refractivity contribution in [3.05, 3.63) is 122 Å². The summed E-state index contributed by atoms with van der Waals surface area (Å²) >= 11 is 0. The van der Waals surface area contributed by atoms with Crippen LogP contribution >= 0.6 is 7.82 Å². The van der Waals surface area contributed by atoms with E-state index in [9.17, 15) is 19.0 Å². The number of nitrogens with two attached hydrogens (primary N) is 1. The minimum Gasteiger partial charge on any atom is -0.462 e. The maximum absolute atomic E-state index is 12.6. The second-order valence-electron chi connectivity index (χ2n) is 15.6. The molecule has 0 aliphatic rings. The van der Waals surface area contributed by atoms with Crippen LogP contribution in [0.25, 0.3) is 0 Å². The van der Waals surface area contributed by atoms with Crippen molar-refractivity contribution in [2.75, 3.05) is 26.4 Å². The molecule has 0 rings (SSSR count). The zero-order chi connectivity index (χ0) is 46.7. The maximum atomic E-state index is 12.6. The molecule has 0 radical (unpaired) electrons. The van der Waals surface area contributed by atoms with Crippen molar-refractivity contribution in [3.8, 4) is 0 Å². The monoisotopic (exact) mass is 910 g/mol. The maximum Gasteiger partial charge on any atom is 0.472 e. The van der Waals surface area contributed by atoms with Crippen molar-refractivity contribution in [2.45, 2.75) is 180 Å². The number of hydrogen-bond donors (Lipinski definition) is 2. The van der Waals surface area contributed by atoms with E-state index in [1.807, 2.05) is 0 Å². The SMILES string of the molecule is CC/C=C\C/C=C\C/C=C\C/C=C\C/C=C\C/C=C\C/C=C\C/C=C\C/C=C\C/C=C\CCCCCCC(=O)OC(COC(=O)CCCCCCCCCC)COP(=O)(O)OCCN. The van der Waals surface area contributed by atoms with Crippen molar-refractivity contribution in [2.24, 2.45) is 5.73 Å². The van der Waals surface area contributed by atoms with E-state index in [-0.39, 0.29) is 32.6 Å². The predicted octanol–water partition coefficient (Wildman–Crippen LogP) is 14.9. The molecule has 0 saturated heterocycles. The number of unbranched alkanes of at least 4 members (excludes halogenated alkanes) is 11. The fraction of sp³-hybridized carbons (Fsp3) is 0.593. The van der Waals surface area contributed by atoms with Gasteiger partial charge in [-0.1, -0.05) is 193 Å². The van der Waals surface area contributed by atoms with Gasteiger partial charge in [0.05, 0.1) is 13.2 Å². The van der Waals surface area contributed by atoms with Gasteiger partial charge < -0.3 is 20.1 Å². The summed E-state index contributed by atoms with van der Waals surface area (Å²) in [4.78, 5) is 34.8. The fourth-order valence-corrected chi connectivity index (χ4v) is 6.78. The Labute approximate surface area is 390 Å². The quantitative estimate of drug-likeness (QED) is 0.0265. The van der Waals surface area contributed by atoms with Crippen molar-refractivity contribution < 1.29 is 37.6 Å². The summed E-state index contributed by atoms with van der Waals surface area (Å²) in [6.45, 7) is 3.52. The first kappa shape index (κ1) is 60.4. The highest BCUT2D eigenvalue weighted by Crippen LogP contribution is 2.43. The van der Waals surface area contributed by atoms with Gasteiger partial charge in [-0.15, -0.1) is 0 Å². The van der Waals surface area contributed by atoms with Crippen molar-refractivity contribution in [1.29, 1.82) is 0 Å². The van der Waals surface area contributed by atoms with Crippen molar-refractivity contribution in [1.82, 2.24) is 0 Å². The van der Waals surface area contributed by atoms with Crippen LogP contribution in [0.4, 0.5) is 0 Å². The van der Waals surface area contributed by atoms with E-state index in [1.54, 1.807) is 0 Å². The zero-order valence-electron chi connectivity index (χ0n) is 40.0. The Morgan fingerprint density at radius 2 is 0.859 bits per heavy atom. The van der Waals surface area contributed by atoms with E-state index in [1.165, 1.54) is 32.1 Å². The Balaban J connectivity index is 4.06. The summed E-state index contributed by atoms with van der Waals surface area (Å²) in [6, 6.07) is 0. The number of hydrogen-bond acceptors (Lipinski definition) is 8. The Kier molecular flexibility index (Phi) is 46.1. The molecule has 2 unspecified atom stereocenters. The molecule has 0 fully saturated rings. The van der Waals surface area contributed by atoms with Crippen LogP contribution in [0, 0.1) is 0 Å². The summed E-state index contributed by atoms with van der Waals surface area (Å²) in [5, 5.41) is 0. The minimum absolute atomic E-state index is 0.0432. The molecular formula is C54H88NO8P. The second kappa shape index (κ2) is 48.9. The average molecular weight is 910 g/mol. The van der Waals surface area contributed by atoms with Gasteiger partial charge in [-0.2, -0.15) is 0 Å². The first-order valence-electron chi connectivity index (χ1n) is 24.5. The van der Waals surface area contributed by atoms with Gasteiger partial charge in [0.15, 0.2) is 6.10 Å². The highest BCUT2D eigenvalue weighted by molar-refractivity contribution is 7.47. The normalized spacial score (nSPS) is 14.2. The van der Waals surface area contributed by atoms with Crippen LogP contribution in [0.5, 0.6) is 0 Å². The van der Waals surface area contributed by atoms with Gasteiger partial charge in [0, 0.05) is 19.4 Å². The van der Waals surface area contributed by atoms with Crippen LogP contribution < -0.4 is 5.73 Å². The molecule has 0 aromatic heterocycles. The molecule has 2 atom stereocenters. The third-order valence-corrected chi connectivity index (χ3v) is 10.6. The van der Waals surface area contributed by atoms with E-state index in [4.69, 9.17) is 24.3 Å². The molecule has 0 aromatic rings. The van der Waals surface area contributed by atoms with Gasteiger partial charge in [-0.25, -0.2) is 4.57 Å². The lowest BCUT2D eigenvalue weighted by molar-refractivity contribution is -0.161. The van der Waals surface area contributed by atoms with Gasteiger partial charge in [0.1, 0.15) is 6.61 Å². The van der Waals surface area contributed by atoms with Gasteiger partial charge in [-0.3, -0.25) is 18.6 Å². The number of phosphoric acid groups is 1. The summed E-state index contributed by atoms with van der Waals surface area (Å²) in [5.41, 5.74) is 5.34. The third-order valence-electron chi connectivity index (χ3n) is 9.61. The van der Waals surface area contributed by atoms with Crippen LogP contribution in [0.2, 0.25) is 0 Å². The number of phosphoric ester groups is 1. The van der Waals surface area contributed by atoms with Gasteiger partial charge in [-0.05, 0) is 89.9 Å². The van der Waals surface area contributed by atoms with E-state index in [0.29, 0.717) is 6.42 Å². The number of carbonyl (C=O) groups excluding carboxylic acids is 2. The molecular weight excluding hydrogens is 822 g/mol. The first-order valence-corrected chi connectivity index (χ1v) is 26.0. The minimum atomic E-state index is -4.39. The number of allylic oxidation sites excluding steroid dienone is 20. The van der Waals surface area contributed by atoms with Gasteiger partial charge >= 0.3 is 19.8 Å². The van der Waals surface area contributed by atoms with Crippen LogP contribution in [0.3, 0.4) is 0 Å². The molecule has 362 valence electrons. The van der Waals surface area contributed by atoms with Gasteiger partial charge in [0.2, 0.25) is 0 Å². The van der Waals surface area contributed by atoms with Crippen molar-refractivity contribution in [3.63, 3.8) is 0 Å². The number of carbonyl (C=O) groups is 2. The predicted molar refractivity (Wildman–Crippen MR) is 270 cm³/mol. The van der Waals surface area contributed by atoms with Gasteiger partial charge in [0.25, 0.3) is 0 Å². The third kappa shape index (κ3) is 47.9. The Morgan fingerprint density at radius 1 is 0.484 bits per heavy atom. The highest BCUT2D eigenvalue weighted by atomic mass is 31.2.